The smallest absolute Gasteiger partial charge is 0.227 e. The highest BCUT2D eigenvalue weighted by molar-refractivity contribution is 6.19. The van der Waals surface area contributed by atoms with Crippen molar-refractivity contribution in [2.24, 2.45) is 0 Å². The molecular formula is C44H24N4O3. The highest BCUT2D eigenvalue weighted by Crippen LogP contribution is 2.43. The van der Waals surface area contributed by atoms with Gasteiger partial charge in [-0.3, -0.25) is 0 Å². The number of fused-ring (bicyclic) bond motifs is 8. The predicted octanol–water partition coefficient (Wildman–Crippen LogP) is 11.6. The Morgan fingerprint density at radius 3 is 1.88 bits per heavy atom. The maximum atomic E-state index is 6.54. The lowest BCUT2D eigenvalue weighted by Gasteiger charge is -2.10. The van der Waals surface area contributed by atoms with E-state index in [1.807, 2.05) is 109 Å². The van der Waals surface area contributed by atoms with Crippen LogP contribution >= 0.6 is 0 Å². The maximum absolute atomic E-state index is 6.54. The van der Waals surface area contributed by atoms with Crippen LogP contribution in [-0.2, 0) is 0 Å². The monoisotopic (exact) mass is 656 g/mol. The highest BCUT2D eigenvalue weighted by Gasteiger charge is 2.25. The van der Waals surface area contributed by atoms with Crippen molar-refractivity contribution in [3.8, 4) is 45.6 Å². The number of furan rings is 2. The molecule has 0 radical (unpaired) electrons. The number of rotatable bonds is 4. The SMILES string of the molecule is c1ccc(-c2nc(-c3cccc4oc5ccccc5c34)nc(-c3c4nc(-c5ccc6ccccc6c5)oc4cc4oc5ccccc5c34)n2)cc1. The number of aromatic nitrogens is 4. The standard InChI is InChI=1S/C44H24N4O3/c1-2-12-26(13-3-1)41-46-42(31-17-10-20-34-37(31)29-15-6-8-18-32(29)49-34)48-43(47-41)39-38-30-16-7-9-19-33(30)50-35(38)24-36-40(39)45-44(51-36)28-22-21-25-11-4-5-14-27(25)23-28/h1-24H. The van der Waals surface area contributed by atoms with Gasteiger partial charge in [0.25, 0.3) is 0 Å². The zero-order valence-corrected chi connectivity index (χ0v) is 26.9. The van der Waals surface area contributed by atoms with Gasteiger partial charge in [0.1, 0.15) is 27.8 Å². The van der Waals surface area contributed by atoms with Crippen molar-refractivity contribution in [3.05, 3.63) is 146 Å². The first-order chi connectivity index (χ1) is 25.2. The van der Waals surface area contributed by atoms with E-state index >= 15 is 0 Å². The lowest BCUT2D eigenvalue weighted by atomic mass is 10.0. The third-order valence-corrected chi connectivity index (χ3v) is 9.56. The molecule has 0 aliphatic heterocycles. The van der Waals surface area contributed by atoms with Crippen molar-refractivity contribution in [1.82, 2.24) is 19.9 Å². The summed E-state index contributed by atoms with van der Waals surface area (Å²) in [5.74, 6) is 2.02. The first-order valence-electron chi connectivity index (χ1n) is 16.7. The van der Waals surface area contributed by atoms with Crippen LogP contribution in [0.1, 0.15) is 0 Å². The van der Waals surface area contributed by atoms with Gasteiger partial charge in [-0.15, -0.1) is 0 Å². The van der Waals surface area contributed by atoms with Crippen LogP contribution in [0.3, 0.4) is 0 Å². The molecule has 4 aromatic heterocycles. The Morgan fingerprint density at radius 1 is 0.373 bits per heavy atom. The Kier molecular flexibility index (Phi) is 5.83. The first kappa shape index (κ1) is 27.8. The Morgan fingerprint density at radius 2 is 1.04 bits per heavy atom. The van der Waals surface area contributed by atoms with E-state index in [2.05, 4.69) is 36.4 Å². The molecule has 0 aliphatic rings. The summed E-state index contributed by atoms with van der Waals surface area (Å²) in [4.78, 5) is 20.7. The molecule has 0 N–H and O–H groups in total. The summed E-state index contributed by atoms with van der Waals surface area (Å²) in [5, 5.41) is 5.99. The van der Waals surface area contributed by atoms with Crippen LogP contribution in [-0.4, -0.2) is 19.9 Å². The molecule has 11 aromatic rings. The third kappa shape index (κ3) is 4.31. The number of hydrogen-bond acceptors (Lipinski definition) is 7. The number of oxazole rings is 1. The number of para-hydroxylation sites is 2. The van der Waals surface area contributed by atoms with Crippen molar-refractivity contribution >= 4 is 65.7 Å². The van der Waals surface area contributed by atoms with Gasteiger partial charge in [0, 0.05) is 44.3 Å². The van der Waals surface area contributed by atoms with Crippen molar-refractivity contribution < 1.29 is 13.3 Å². The average molecular weight is 657 g/mol. The Bertz CT molecular complexity index is 3160. The minimum atomic E-state index is 0.462. The molecule has 0 saturated heterocycles. The van der Waals surface area contributed by atoms with Gasteiger partial charge in [-0.2, -0.15) is 0 Å². The number of hydrogen-bond donors (Lipinski definition) is 0. The fourth-order valence-corrected chi connectivity index (χ4v) is 7.22. The molecule has 0 amide bonds. The Labute approximate surface area is 289 Å². The van der Waals surface area contributed by atoms with Crippen LogP contribution in [0.4, 0.5) is 0 Å². The predicted molar refractivity (Wildman–Crippen MR) is 201 cm³/mol. The summed E-state index contributed by atoms with van der Waals surface area (Å²) in [7, 11) is 0. The molecule has 11 rings (SSSR count). The van der Waals surface area contributed by atoms with Gasteiger partial charge in [-0.1, -0.05) is 109 Å². The quantitative estimate of drug-likeness (QED) is 0.186. The fraction of sp³-hybridized carbons (Fsp3) is 0. The van der Waals surface area contributed by atoms with Gasteiger partial charge in [-0.25, -0.2) is 19.9 Å². The Hall–Kier alpha value is -7.12. The summed E-state index contributed by atoms with van der Waals surface area (Å²) in [6, 6.07) is 48.4. The fourth-order valence-electron chi connectivity index (χ4n) is 7.22. The van der Waals surface area contributed by atoms with Crippen LogP contribution in [0.5, 0.6) is 0 Å². The molecule has 7 nitrogen and oxygen atoms in total. The summed E-state index contributed by atoms with van der Waals surface area (Å²) >= 11 is 0. The second kappa shape index (κ2) is 10.7. The summed E-state index contributed by atoms with van der Waals surface area (Å²) in [5.41, 5.74) is 7.49. The zero-order valence-electron chi connectivity index (χ0n) is 26.9. The van der Waals surface area contributed by atoms with E-state index in [1.54, 1.807) is 0 Å². The molecule has 51 heavy (non-hydrogen) atoms. The number of nitrogens with zero attached hydrogens (tertiary/aromatic N) is 4. The van der Waals surface area contributed by atoms with E-state index in [0.29, 0.717) is 45.6 Å². The second-order valence-electron chi connectivity index (χ2n) is 12.6. The molecule has 0 bridgehead atoms. The molecule has 0 saturated carbocycles. The largest absolute Gasteiger partial charge is 0.456 e. The minimum Gasteiger partial charge on any atom is -0.456 e. The maximum Gasteiger partial charge on any atom is 0.227 e. The van der Waals surface area contributed by atoms with Gasteiger partial charge in [0.2, 0.25) is 5.89 Å². The number of benzene rings is 7. The molecular weight excluding hydrogens is 633 g/mol. The van der Waals surface area contributed by atoms with E-state index in [1.165, 1.54) is 0 Å². The highest BCUT2D eigenvalue weighted by atomic mass is 16.4. The average Bonchev–Trinajstić information content (AvgIpc) is 3.90. The molecule has 0 aliphatic carbocycles. The molecule has 0 fully saturated rings. The van der Waals surface area contributed by atoms with Crippen LogP contribution in [0.2, 0.25) is 0 Å². The van der Waals surface area contributed by atoms with Gasteiger partial charge in [0.05, 0.1) is 5.56 Å². The van der Waals surface area contributed by atoms with Crippen LogP contribution < -0.4 is 0 Å². The van der Waals surface area contributed by atoms with E-state index in [0.717, 1.165) is 65.8 Å². The topological polar surface area (TPSA) is 91.0 Å². The van der Waals surface area contributed by atoms with Crippen molar-refractivity contribution in [2.75, 3.05) is 0 Å². The van der Waals surface area contributed by atoms with E-state index < -0.39 is 0 Å². The lowest BCUT2D eigenvalue weighted by molar-refractivity contribution is 0.617. The van der Waals surface area contributed by atoms with E-state index in [4.69, 9.17) is 33.2 Å². The van der Waals surface area contributed by atoms with Crippen molar-refractivity contribution in [1.29, 1.82) is 0 Å². The molecule has 4 heterocycles. The lowest BCUT2D eigenvalue weighted by Crippen LogP contribution is -2.01. The molecule has 7 aromatic carbocycles. The summed E-state index contributed by atoms with van der Waals surface area (Å²) < 4.78 is 19.3. The van der Waals surface area contributed by atoms with Crippen molar-refractivity contribution in [3.63, 3.8) is 0 Å². The molecule has 0 spiro atoms. The van der Waals surface area contributed by atoms with E-state index in [-0.39, 0.29) is 0 Å². The normalized spacial score (nSPS) is 11.9. The third-order valence-electron chi connectivity index (χ3n) is 9.56. The second-order valence-corrected chi connectivity index (χ2v) is 12.6. The zero-order chi connectivity index (χ0) is 33.5. The summed E-state index contributed by atoms with van der Waals surface area (Å²) in [6.45, 7) is 0. The Balaban J connectivity index is 1.24. The van der Waals surface area contributed by atoms with Gasteiger partial charge >= 0.3 is 0 Å². The van der Waals surface area contributed by atoms with Crippen molar-refractivity contribution in [2.45, 2.75) is 0 Å². The van der Waals surface area contributed by atoms with E-state index in [9.17, 15) is 0 Å². The van der Waals surface area contributed by atoms with Crippen LogP contribution in [0.25, 0.3) is 111 Å². The van der Waals surface area contributed by atoms with Crippen LogP contribution in [0.15, 0.2) is 159 Å². The molecule has 238 valence electrons. The van der Waals surface area contributed by atoms with Gasteiger partial charge in [-0.05, 0) is 41.1 Å². The van der Waals surface area contributed by atoms with Gasteiger partial charge < -0.3 is 13.3 Å². The first-order valence-corrected chi connectivity index (χ1v) is 16.7. The van der Waals surface area contributed by atoms with Gasteiger partial charge in [0.15, 0.2) is 23.1 Å². The molecule has 0 atom stereocenters. The minimum absolute atomic E-state index is 0.462. The molecule has 7 heteroatoms. The summed E-state index contributed by atoms with van der Waals surface area (Å²) in [6.07, 6.45) is 0. The van der Waals surface area contributed by atoms with Crippen LogP contribution in [0, 0.1) is 0 Å². The molecule has 0 unspecified atom stereocenters.